The molecule has 2 aliphatic rings. The van der Waals surface area contributed by atoms with Crippen molar-refractivity contribution in [3.8, 4) is 11.4 Å². The van der Waals surface area contributed by atoms with Crippen LogP contribution >= 0.6 is 0 Å². The Hall–Kier alpha value is -4.08. The van der Waals surface area contributed by atoms with Crippen LogP contribution in [0.3, 0.4) is 0 Å². The van der Waals surface area contributed by atoms with E-state index in [1.807, 2.05) is 23.1 Å². The summed E-state index contributed by atoms with van der Waals surface area (Å²) < 4.78 is 0. The van der Waals surface area contributed by atoms with Crippen LogP contribution in [0.1, 0.15) is 30.1 Å². The van der Waals surface area contributed by atoms with Crippen LogP contribution in [0.4, 0.5) is 17.5 Å². The Bertz CT molecular complexity index is 1220. The van der Waals surface area contributed by atoms with Gasteiger partial charge in [-0.1, -0.05) is 0 Å². The number of nitrogens with one attached hydrogen (secondary N) is 1. The van der Waals surface area contributed by atoms with Gasteiger partial charge in [0, 0.05) is 68.7 Å². The van der Waals surface area contributed by atoms with E-state index in [1.54, 1.807) is 19.3 Å². The molecule has 0 aromatic carbocycles. The molecule has 0 radical (unpaired) electrons. The number of carboxylic acid groups (broad SMARTS) is 1. The van der Waals surface area contributed by atoms with Crippen molar-refractivity contribution >= 4 is 29.3 Å². The van der Waals surface area contributed by atoms with Gasteiger partial charge in [0.05, 0.1) is 5.56 Å². The Morgan fingerprint density at radius 1 is 1.06 bits per heavy atom. The zero-order valence-corrected chi connectivity index (χ0v) is 18.8. The van der Waals surface area contributed by atoms with Gasteiger partial charge in [-0.05, 0) is 37.1 Å². The van der Waals surface area contributed by atoms with Gasteiger partial charge < -0.3 is 20.2 Å². The van der Waals surface area contributed by atoms with Crippen LogP contribution in [-0.4, -0.2) is 68.0 Å². The summed E-state index contributed by atoms with van der Waals surface area (Å²) in [6, 6.07) is 8.49. The van der Waals surface area contributed by atoms with Crippen LogP contribution in [0.5, 0.6) is 0 Å². The van der Waals surface area contributed by atoms with Gasteiger partial charge in [-0.15, -0.1) is 0 Å². The molecule has 5 rings (SSSR count). The molecule has 0 atom stereocenters. The molecule has 0 unspecified atom stereocenters. The number of piperidine rings is 1. The molecule has 2 fully saturated rings. The first-order valence-electron chi connectivity index (χ1n) is 11.2. The lowest BCUT2D eigenvalue weighted by Crippen LogP contribution is -2.61. The summed E-state index contributed by atoms with van der Waals surface area (Å²) in [5, 5.41) is 12.4. The molecule has 0 saturated carbocycles. The third-order valence-corrected chi connectivity index (χ3v) is 6.54. The van der Waals surface area contributed by atoms with Gasteiger partial charge in [-0.25, -0.2) is 19.7 Å². The molecular formula is C24H25N7O3. The number of aromatic nitrogens is 4. The summed E-state index contributed by atoms with van der Waals surface area (Å²) in [5.41, 5.74) is 1.13. The topological polar surface area (TPSA) is 124 Å². The molecule has 2 N–H and O–H groups in total. The number of hydrogen-bond donors (Lipinski definition) is 2. The average Bonchev–Trinajstić information content (AvgIpc) is 2.83. The average molecular weight is 460 g/mol. The van der Waals surface area contributed by atoms with Crippen molar-refractivity contribution in [1.82, 2.24) is 24.8 Å². The number of carbonyl (C=O) groups excluding carboxylic acids is 1. The first-order chi connectivity index (χ1) is 16.4. The van der Waals surface area contributed by atoms with E-state index in [0.29, 0.717) is 17.5 Å². The molecule has 2 aliphatic heterocycles. The number of amides is 1. The fraction of sp³-hybridized carbons (Fsp3) is 0.333. The van der Waals surface area contributed by atoms with Gasteiger partial charge in [-0.3, -0.25) is 9.78 Å². The molecule has 10 nitrogen and oxygen atoms in total. The van der Waals surface area contributed by atoms with Crippen LogP contribution in [0.25, 0.3) is 11.4 Å². The first-order valence-corrected chi connectivity index (χ1v) is 11.2. The third-order valence-electron chi connectivity index (χ3n) is 6.54. The predicted molar refractivity (Wildman–Crippen MR) is 126 cm³/mol. The second kappa shape index (κ2) is 8.69. The van der Waals surface area contributed by atoms with Crippen LogP contribution in [0.2, 0.25) is 0 Å². The second-order valence-corrected chi connectivity index (χ2v) is 8.90. The third kappa shape index (κ3) is 4.39. The molecule has 3 aromatic rings. The predicted octanol–water partition coefficient (Wildman–Crippen LogP) is 2.82. The zero-order valence-electron chi connectivity index (χ0n) is 18.8. The first kappa shape index (κ1) is 21.7. The fourth-order valence-corrected chi connectivity index (χ4v) is 4.59. The maximum atomic E-state index is 11.7. The SMILES string of the molecule is CC(=O)N1CCC2(CC1)CN(c1cc(Nc3cc(C(=O)O)ccn3)nc(-c3cccnc3)n1)C2. The summed E-state index contributed by atoms with van der Waals surface area (Å²) in [6.07, 6.45) is 6.82. The standard InChI is InChI=1S/C24H25N7O3/c1-16(32)30-9-5-24(6-10-30)14-31(15-24)21-12-20(27-19-11-17(23(33)34)4-8-26-19)28-22(29-21)18-3-2-7-25-13-18/h2-4,7-8,11-13H,5-6,9-10,14-15H2,1H3,(H,33,34)(H,26,27,28,29). The van der Waals surface area contributed by atoms with Gasteiger partial charge >= 0.3 is 5.97 Å². The molecule has 2 saturated heterocycles. The lowest BCUT2D eigenvalue weighted by molar-refractivity contribution is -0.131. The van der Waals surface area contributed by atoms with Gasteiger partial charge in [0.1, 0.15) is 17.5 Å². The molecular weight excluding hydrogens is 434 g/mol. The minimum atomic E-state index is -1.02. The summed E-state index contributed by atoms with van der Waals surface area (Å²) >= 11 is 0. The molecule has 1 spiro atoms. The number of pyridine rings is 2. The van der Waals surface area contributed by atoms with Crippen molar-refractivity contribution in [2.75, 3.05) is 36.4 Å². The highest BCUT2D eigenvalue weighted by Gasteiger charge is 2.45. The van der Waals surface area contributed by atoms with Gasteiger partial charge in [-0.2, -0.15) is 0 Å². The summed E-state index contributed by atoms with van der Waals surface area (Å²) in [4.78, 5) is 44.9. The lowest BCUT2D eigenvalue weighted by atomic mass is 9.72. The molecule has 34 heavy (non-hydrogen) atoms. The largest absolute Gasteiger partial charge is 0.478 e. The molecule has 3 aromatic heterocycles. The molecule has 174 valence electrons. The number of anilines is 3. The Morgan fingerprint density at radius 2 is 1.85 bits per heavy atom. The molecule has 5 heterocycles. The highest BCUT2D eigenvalue weighted by molar-refractivity contribution is 5.88. The maximum absolute atomic E-state index is 11.7. The summed E-state index contributed by atoms with van der Waals surface area (Å²) in [6.45, 7) is 4.96. The number of nitrogens with zero attached hydrogens (tertiary/aromatic N) is 6. The number of hydrogen-bond acceptors (Lipinski definition) is 8. The highest BCUT2D eigenvalue weighted by atomic mass is 16.4. The second-order valence-electron chi connectivity index (χ2n) is 8.90. The Morgan fingerprint density at radius 3 is 2.53 bits per heavy atom. The van der Waals surface area contributed by atoms with E-state index in [4.69, 9.17) is 4.98 Å². The fourth-order valence-electron chi connectivity index (χ4n) is 4.59. The van der Waals surface area contributed by atoms with Gasteiger partial charge in [0.25, 0.3) is 0 Å². The quantitative estimate of drug-likeness (QED) is 0.592. The number of carboxylic acids is 1. The van der Waals surface area contributed by atoms with Crippen molar-refractivity contribution < 1.29 is 14.7 Å². The van der Waals surface area contributed by atoms with Crippen LogP contribution in [0, 0.1) is 5.41 Å². The van der Waals surface area contributed by atoms with Crippen LogP contribution < -0.4 is 10.2 Å². The van der Waals surface area contributed by atoms with E-state index in [9.17, 15) is 14.7 Å². The lowest BCUT2D eigenvalue weighted by Gasteiger charge is -2.54. The van der Waals surface area contributed by atoms with Crippen molar-refractivity contribution in [1.29, 1.82) is 0 Å². The minimum Gasteiger partial charge on any atom is -0.478 e. The van der Waals surface area contributed by atoms with Crippen molar-refractivity contribution in [2.45, 2.75) is 19.8 Å². The van der Waals surface area contributed by atoms with E-state index in [0.717, 1.165) is 50.4 Å². The van der Waals surface area contributed by atoms with E-state index in [-0.39, 0.29) is 16.9 Å². The molecule has 0 aliphatic carbocycles. The number of aromatic carboxylic acids is 1. The molecule has 0 bridgehead atoms. The smallest absolute Gasteiger partial charge is 0.335 e. The van der Waals surface area contributed by atoms with E-state index < -0.39 is 5.97 Å². The number of rotatable bonds is 5. The summed E-state index contributed by atoms with van der Waals surface area (Å²) in [7, 11) is 0. The number of carbonyl (C=O) groups is 2. The van der Waals surface area contributed by atoms with Crippen LogP contribution in [-0.2, 0) is 4.79 Å². The summed E-state index contributed by atoms with van der Waals surface area (Å²) in [5.74, 6) is 1.33. The normalized spacial score (nSPS) is 16.7. The van der Waals surface area contributed by atoms with Crippen LogP contribution in [0.15, 0.2) is 48.9 Å². The minimum absolute atomic E-state index is 0.138. The Kier molecular flexibility index (Phi) is 5.56. The van der Waals surface area contributed by atoms with Gasteiger partial charge in [0.2, 0.25) is 5.91 Å². The molecule has 10 heteroatoms. The Balaban J connectivity index is 1.40. The maximum Gasteiger partial charge on any atom is 0.335 e. The van der Waals surface area contributed by atoms with E-state index in [1.165, 1.54) is 18.3 Å². The van der Waals surface area contributed by atoms with Crippen molar-refractivity contribution in [2.24, 2.45) is 5.41 Å². The zero-order chi connectivity index (χ0) is 23.7. The van der Waals surface area contributed by atoms with E-state index in [2.05, 4.69) is 25.2 Å². The number of likely N-dealkylation sites (tertiary alicyclic amines) is 1. The van der Waals surface area contributed by atoms with Crippen molar-refractivity contribution in [3.05, 3.63) is 54.5 Å². The molecule has 1 amide bonds. The Labute approximate surface area is 196 Å². The van der Waals surface area contributed by atoms with Gasteiger partial charge in [0.15, 0.2) is 5.82 Å². The van der Waals surface area contributed by atoms with E-state index >= 15 is 0 Å². The van der Waals surface area contributed by atoms with Crippen molar-refractivity contribution in [3.63, 3.8) is 0 Å². The monoisotopic (exact) mass is 459 g/mol. The highest BCUT2D eigenvalue weighted by Crippen LogP contribution is 2.42.